The van der Waals surface area contributed by atoms with Crippen LogP contribution in [0, 0.1) is 6.92 Å². The van der Waals surface area contributed by atoms with E-state index >= 15 is 0 Å². The molecule has 0 saturated carbocycles. The minimum Gasteiger partial charge on any atom is -0.370 e. The molecule has 1 heterocycles. The Hall–Kier alpha value is -1.62. The zero-order chi connectivity index (χ0) is 14.4. The van der Waals surface area contributed by atoms with Crippen LogP contribution in [0.1, 0.15) is 25.3 Å². The molecule has 2 aromatic rings. The van der Waals surface area contributed by atoms with Crippen LogP contribution in [0.25, 0.3) is 0 Å². The van der Waals surface area contributed by atoms with Gasteiger partial charge in [-0.15, -0.1) is 0 Å². The predicted molar refractivity (Wildman–Crippen MR) is 87.6 cm³/mol. The molecular weight excluding hydrogens is 316 g/mol. The van der Waals surface area contributed by atoms with E-state index < -0.39 is 0 Å². The van der Waals surface area contributed by atoms with Crippen molar-refractivity contribution >= 4 is 33.3 Å². The maximum Gasteiger partial charge on any atom is 0.135 e. The Morgan fingerprint density at radius 2 is 1.95 bits per heavy atom. The van der Waals surface area contributed by atoms with Gasteiger partial charge in [0, 0.05) is 17.1 Å². The van der Waals surface area contributed by atoms with Gasteiger partial charge in [0.1, 0.15) is 18.0 Å². The van der Waals surface area contributed by atoms with Crippen LogP contribution in [0.4, 0.5) is 17.3 Å². The highest BCUT2D eigenvalue weighted by atomic mass is 79.9. The molecular formula is C15H19BrN4. The standard InChI is InChI=1S/C15H19BrN4/c1-3-4-7-17-14-9-15(19-10-18-14)20-13-6-5-11(2)8-12(13)16/h5-6,8-10H,3-4,7H2,1-2H3,(H2,17,18,19,20). The van der Waals surface area contributed by atoms with Crippen LogP contribution in [0.2, 0.25) is 0 Å². The number of aryl methyl sites for hydroxylation is 1. The van der Waals surface area contributed by atoms with Crippen LogP contribution in [-0.2, 0) is 0 Å². The van der Waals surface area contributed by atoms with E-state index in [0.717, 1.165) is 34.8 Å². The predicted octanol–water partition coefficient (Wildman–Crippen LogP) is 4.50. The average molecular weight is 335 g/mol. The van der Waals surface area contributed by atoms with Crippen molar-refractivity contribution in [2.45, 2.75) is 26.7 Å². The van der Waals surface area contributed by atoms with Gasteiger partial charge in [0.15, 0.2) is 0 Å². The number of benzene rings is 1. The molecule has 0 atom stereocenters. The first kappa shape index (κ1) is 14.8. The van der Waals surface area contributed by atoms with Crippen LogP contribution >= 0.6 is 15.9 Å². The molecule has 20 heavy (non-hydrogen) atoms. The Labute approximate surface area is 128 Å². The molecule has 0 amide bonds. The quantitative estimate of drug-likeness (QED) is 0.763. The van der Waals surface area contributed by atoms with E-state index in [-0.39, 0.29) is 0 Å². The Morgan fingerprint density at radius 1 is 1.15 bits per heavy atom. The van der Waals surface area contributed by atoms with E-state index in [2.05, 4.69) is 62.5 Å². The van der Waals surface area contributed by atoms with Gasteiger partial charge >= 0.3 is 0 Å². The largest absolute Gasteiger partial charge is 0.370 e. The number of nitrogens with one attached hydrogen (secondary N) is 2. The number of unbranched alkanes of at least 4 members (excludes halogenated alkanes) is 1. The maximum atomic E-state index is 4.24. The fraction of sp³-hybridized carbons (Fsp3) is 0.333. The summed E-state index contributed by atoms with van der Waals surface area (Å²) in [4.78, 5) is 8.46. The van der Waals surface area contributed by atoms with Gasteiger partial charge in [0.05, 0.1) is 5.69 Å². The Balaban J connectivity index is 2.07. The first-order valence-corrected chi connectivity index (χ1v) is 7.57. The molecule has 0 unspecified atom stereocenters. The number of hydrogen-bond donors (Lipinski definition) is 2. The molecule has 1 aromatic carbocycles. The second-order valence-corrected chi connectivity index (χ2v) is 5.53. The summed E-state index contributed by atoms with van der Waals surface area (Å²) in [6, 6.07) is 8.09. The fourth-order valence-electron chi connectivity index (χ4n) is 1.78. The molecule has 106 valence electrons. The van der Waals surface area contributed by atoms with Crippen LogP contribution < -0.4 is 10.6 Å². The molecule has 5 heteroatoms. The SMILES string of the molecule is CCCCNc1cc(Nc2ccc(C)cc2Br)ncn1. The third-order valence-electron chi connectivity index (χ3n) is 2.89. The number of aromatic nitrogens is 2. The zero-order valence-electron chi connectivity index (χ0n) is 11.8. The Bertz CT molecular complexity index is 572. The van der Waals surface area contributed by atoms with Gasteiger partial charge in [-0.2, -0.15) is 0 Å². The maximum absolute atomic E-state index is 4.24. The first-order chi connectivity index (χ1) is 9.69. The second kappa shape index (κ2) is 7.24. The zero-order valence-corrected chi connectivity index (χ0v) is 13.4. The van der Waals surface area contributed by atoms with Crippen molar-refractivity contribution < 1.29 is 0 Å². The summed E-state index contributed by atoms with van der Waals surface area (Å²) in [6.07, 6.45) is 3.87. The summed E-state index contributed by atoms with van der Waals surface area (Å²) in [5.74, 6) is 1.63. The molecule has 0 radical (unpaired) electrons. The van der Waals surface area contributed by atoms with E-state index in [1.54, 1.807) is 6.33 Å². The normalized spacial score (nSPS) is 10.3. The smallest absolute Gasteiger partial charge is 0.135 e. The lowest BCUT2D eigenvalue weighted by atomic mass is 10.2. The molecule has 2 rings (SSSR count). The summed E-state index contributed by atoms with van der Waals surface area (Å²) < 4.78 is 1.02. The number of rotatable bonds is 6. The van der Waals surface area contributed by atoms with Crippen LogP contribution in [0.3, 0.4) is 0 Å². The third kappa shape index (κ3) is 4.20. The van der Waals surface area contributed by atoms with E-state index in [4.69, 9.17) is 0 Å². The van der Waals surface area contributed by atoms with Crippen molar-refractivity contribution in [2.75, 3.05) is 17.2 Å². The molecule has 2 N–H and O–H groups in total. The molecule has 4 nitrogen and oxygen atoms in total. The van der Waals surface area contributed by atoms with Crippen LogP contribution in [0.15, 0.2) is 35.1 Å². The van der Waals surface area contributed by atoms with Gasteiger partial charge in [-0.05, 0) is 47.0 Å². The second-order valence-electron chi connectivity index (χ2n) is 4.68. The van der Waals surface area contributed by atoms with Gasteiger partial charge < -0.3 is 10.6 Å². The van der Waals surface area contributed by atoms with E-state index in [9.17, 15) is 0 Å². The number of nitrogens with zero attached hydrogens (tertiary/aromatic N) is 2. The topological polar surface area (TPSA) is 49.8 Å². The molecule has 0 fully saturated rings. The molecule has 1 aromatic heterocycles. The highest BCUT2D eigenvalue weighted by molar-refractivity contribution is 9.10. The van der Waals surface area contributed by atoms with E-state index in [1.165, 1.54) is 12.0 Å². The Kier molecular flexibility index (Phi) is 5.35. The first-order valence-electron chi connectivity index (χ1n) is 6.78. The molecule has 0 spiro atoms. The van der Waals surface area contributed by atoms with Crippen LogP contribution in [-0.4, -0.2) is 16.5 Å². The van der Waals surface area contributed by atoms with Crippen LogP contribution in [0.5, 0.6) is 0 Å². The van der Waals surface area contributed by atoms with Crippen molar-refractivity contribution in [3.8, 4) is 0 Å². The summed E-state index contributed by atoms with van der Waals surface area (Å²) in [6.45, 7) is 5.17. The minimum atomic E-state index is 0.781. The lowest BCUT2D eigenvalue weighted by Gasteiger charge is -2.10. The lowest BCUT2D eigenvalue weighted by molar-refractivity contribution is 0.830. The fourth-order valence-corrected chi connectivity index (χ4v) is 2.37. The highest BCUT2D eigenvalue weighted by Gasteiger charge is 2.03. The average Bonchev–Trinajstić information content (AvgIpc) is 2.43. The molecule has 0 aliphatic rings. The van der Waals surface area contributed by atoms with Gasteiger partial charge in [0.2, 0.25) is 0 Å². The van der Waals surface area contributed by atoms with E-state index in [0.29, 0.717) is 0 Å². The molecule has 0 aliphatic heterocycles. The number of halogens is 1. The summed E-state index contributed by atoms with van der Waals surface area (Å²) >= 11 is 3.55. The summed E-state index contributed by atoms with van der Waals surface area (Å²) in [5.41, 5.74) is 2.21. The van der Waals surface area contributed by atoms with Crippen molar-refractivity contribution in [1.29, 1.82) is 0 Å². The van der Waals surface area contributed by atoms with Gasteiger partial charge in [-0.1, -0.05) is 19.4 Å². The minimum absolute atomic E-state index is 0.781. The number of anilines is 3. The lowest BCUT2D eigenvalue weighted by Crippen LogP contribution is -2.04. The third-order valence-corrected chi connectivity index (χ3v) is 3.55. The van der Waals surface area contributed by atoms with Gasteiger partial charge in [-0.25, -0.2) is 9.97 Å². The molecule has 0 aliphatic carbocycles. The highest BCUT2D eigenvalue weighted by Crippen LogP contribution is 2.26. The van der Waals surface area contributed by atoms with Crippen molar-refractivity contribution in [1.82, 2.24) is 9.97 Å². The van der Waals surface area contributed by atoms with Crippen molar-refractivity contribution in [3.05, 3.63) is 40.6 Å². The number of hydrogen-bond acceptors (Lipinski definition) is 4. The summed E-state index contributed by atoms with van der Waals surface area (Å²) in [5, 5.41) is 6.58. The van der Waals surface area contributed by atoms with Gasteiger partial charge in [0.25, 0.3) is 0 Å². The van der Waals surface area contributed by atoms with E-state index in [1.807, 2.05) is 12.1 Å². The monoisotopic (exact) mass is 334 g/mol. The van der Waals surface area contributed by atoms with Gasteiger partial charge in [-0.3, -0.25) is 0 Å². The Morgan fingerprint density at radius 3 is 2.70 bits per heavy atom. The van der Waals surface area contributed by atoms with Crippen molar-refractivity contribution in [2.24, 2.45) is 0 Å². The molecule has 0 saturated heterocycles. The van der Waals surface area contributed by atoms with Crippen molar-refractivity contribution in [3.63, 3.8) is 0 Å². The summed E-state index contributed by atoms with van der Waals surface area (Å²) in [7, 11) is 0. The molecule has 0 bridgehead atoms.